The molecule has 0 saturated carbocycles. The van der Waals surface area contributed by atoms with E-state index in [0.717, 1.165) is 5.69 Å². The summed E-state index contributed by atoms with van der Waals surface area (Å²) >= 11 is 0. The molecule has 0 bridgehead atoms. The van der Waals surface area contributed by atoms with Crippen molar-refractivity contribution >= 4 is 0 Å². The zero-order chi connectivity index (χ0) is 20.2. The van der Waals surface area contributed by atoms with Gasteiger partial charge in [-0.15, -0.1) is 0 Å². The lowest BCUT2D eigenvalue weighted by Crippen LogP contribution is -2.44. The molecule has 1 saturated heterocycles. The lowest BCUT2D eigenvalue weighted by Gasteiger charge is -2.38. The summed E-state index contributed by atoms with van der Waals surface area (Å²) in [4.78, 5) is 0. The second-order valence-electron chi connectivity index (χ2n) is 9.05. The molecule has 2 aromatic carbocycles. The van der Waals surface area contributed by atoms with E-state index < -0.39 is 0 Å². The van der Waals surface area contributed by atoms with Crippen LogP contribution in [0.4, 0.5) is 0 Å². The van der Waals surface area contributed by atoms with Crippen LogP contribution in [-0.4, -0.2) is 35.2 Å². The Kier molecular flexibility index (Phi) is 4.19. The second kappa shape index (κ2) is 6.54. The van der Waals surface area contributed by atoms with Crippen molar-refractivity contribution in [3.63, 3.8) is 0 Å². The van der Waals surface area contributed by atoms with Gasteiger partial charge in [0.1, 0.15) is 0 Å². The fourth-order valence-electron chi connectivity index (χ4n) is 4.81. The van der Waals surface area contributed by atoms with Crippen molar-refractivity contribution in [1.82, 2.24) is 9.78 Å². The quantitative estimate of drug-likeness (QED) is 0.627. The number of rotatable bonds is 3. The summed E-state index contributed by atoms with van der Waals surface area (Å²) in [5.74, 6) is 0.200. The molecule has 2 heterocycles. The molecule has 5 rings (SSSR count). The molecule has 2 aliphatic rings. The van der Waals surface area contributed by atoms with Crippen LogP contribution >= 0.6 is 0 Å². The smallest absolute Gasteiger partial charge is 0.0954 e. The minimum absolute atomic E-state index is 0.0289. The molecule has 1 aliphatic carbocycles. The van der Waals surface area contributed by atoms with Gasteiger partial charge in [0.2, 0.25) is 0 Å². The van der Waals surface area contributed by atoms with Gasteiger partial charge in [0.15, 0.2) is 0 Å². The van der Waals surface area contributed by atoms with Crippen LogP contribution in [0.25, 0.3) is 16.8 Å². The Labute approximate surface area is 172 Å². The van der Waals surface area contributed by atoms with Crippen LogP contribution in [0.15, 0.2) is 54.9 Å². The average Bonchev–Trinajstić information content (AvgIpc) is 3.31. The minimum atomic E-state index is -0.312. The number of benzene rings is 2. The summed E-state index contributed by atoms with van der Waals surface area (Å²) in [7, 11) is 0. The summed E-state index contributed by atoms with van der Waals surface area (Å²) in [6.45, 7) is 10.9. The zero-order valence-electron chi connectivity index (χ0n) is 17.6. The van der Waals surface area contributed by atoms with Crippen LogP contribution in [0, 0.1) is 0 Å². The highest BCUT2D eigenvalue weighted by molar-refractivity contribution is 5.81. The molecule has 0 amide bonds. The summed E-state index contributed by atoms with van der Waals surface area (Å²) in [5.41, 5.74) is 7.38. The Hall–Kier alpha value is -2.43. The van der Waals surface area contributed by atoms with E-state index in [1.54, 1.807) is 0 Å². The van der Waals surface area contributed by atoms with E-state index in [4.69, 9.17) is 9.47 Å². The van der Waals surface area contributed by atoms with Gasteiger partial charge in [-0.3, -0.25) is 0 Å². The number of hydrogen-bond donors (Lipinski definition) is 0. The van der Waals surface area contributed by atoms with Crippen LogP contribution in [0.1, 0.15) is 50.3 Å². The van der Waals surface area contributed by atoms with Gasteiger partial charge < -0.3 is 9.47 Å². The fourth-order valence-corrected chi connectivity index (χ4v) is 4.81. The van der Waals surface area contributed by atoms with E-state index in [9.17, 15) is 0 Å². The topological polar surface area (TPSA) is 36.3 Å². The number of aromatic nitrogens is 2. The average molecular weight is 389 g/mol. The lowest BCUT2D eigenvalue weighted by molar-refractivity contribution is -0.157. The van der Waals surface area contributed by atoms with Crippen LogP contribution in [0.3, 0.4) is 0 Å². The predicted molar refractivity (Wildman–Crippen MR) is 115 cm³/mol. The molecule has 4 heteroatoms. The minimum Gasteiger partial charge on any atom is -0.376 e. The van der Waals surface area contributed by atoms with E-state index in [1.165, 1.54) is 27.8 Å². The van der Waals surface area contributed by atoms with Crippen molar-refractivity contribution in [2.75, 3.05) is 19.8 Å². The highest BCUT2D eigenvalue weighted by Gasteiger charge is 2.37. The Morgan fingerprint density at radius 1 is 1.00 bits per heavy atom. The van der Waals surface area contributed by atoms with Crippen molar-refractivity contribution < 1.29 is 9.47 Å². The summed E-state index contributed by atoms with van der Waals surface area (Å²) in [5, 5.41) is 4.67. The highest BCUT2D eigenvalue weighted by Crippen LogP contribution is 2.48. The van der Waals surface area contributed by atoms with Crippen molar-refractivity contribution in [2.24, 2.45) is 0 Å². The van der Waals surface area contributed by atoms with Gasteiger partial charge in [0, 0.05) is 17.5 Å². The first-order valence-electron chi connectivity index (χ1n) is 10.4. The molecule has 2 atom stereocenters. The van der Waals surface area contributed by atoms with Crippen LogP contribution in [-0.2, 0) is 14.9 Å². The molecule has 4 nitrogen and oxygen atoms in total. The monoisotopic (exact) mass is 388 g/mol. The maximum Gasteiger partial charge on any atom is 0.0954 e. The van der Waals surface area contributed by atoms with E-state index >= 15 is 0 Å². The van der Waals surface area contributed by atoms with Gasteiger partial charge >= 0.3 is 0 Å². The number of hydrogen-bond acceptors (Lipinski definition) is 3. The van der Waals surface area contributed by atoms with Crippen LogP contribution in [0.5, 0.6) is 0 Å². The molecule has 1 aliphatic heterocycles. The van der Waals surface area contributed by atoms with E-state index in [2.05, 4.69) is 81.5 Å². The Bertz CT molecular complexity index is 1060. The summed E-state index contributed by atoms with van der Waals surface area (Å²) < 4.78 is 13.7. The van der Waals surface area contributed by atoms with Gasteiger partial charge in [-0.25, -0.2) is 4.68 Å². The molecule has 1 fully saturated rings. The molecule has 1 aromatic heterocycles. The van der Waals surface area contributed by atoms with Gasteiger partial charge in [0.05, 0.1) is 37.3 Å². The summed E-state index contributed by atoms with van der Waals surface area (Å²) in [6.07, 6.45) is 4.08. The van der Waals surface area contributed by atoms with Gasteiger partial charge in [-0.2, -0.15) is 5.10 Å². The Morgan fingerprint density at radius 3 is 2.59 bits per heavy atom. The van der Waals surface area contributed by atoms with Crippen molar-refractivity contribution in [2.45, 2.75) is 44.6 Å². The number of ether oxygens (including phenoxy) is 2. The first-order valence-corrected chi connectivity index (χ1v) is 10.4. The SMILES string of the molecule is CC(c1cnn(-c2ccc3c(c2)-c2ccccc2C3(C)C)c1)C1(C)COCCO1. The molecular weight excluding hydrogens is 360 g/mol. The standard InChI is InChI=1S/C25H28N2O2/c1-17(25(4)16-28-11-12-29-25)18-14-26-27(15-18)19-9-10-23-21(13-19)20-7-5-6-8-22(20)24(23,2)3/h5-10,13-15,17H,11-12,16H2,1-4H3. The third-order valence-electron chi connectivity index (χ3n) is 6.90. The van der Waals surface area contributed by atoms with Gasteiger partial charge in [-0.05, 0) is 46.9 Å². The van der Waals surface area contributed by atoms with E-state index in [1.807, 2.05) is 10.9 Å². The normalized spacial score (nSPS) is 23.4. The summed E-state index contributed by atoms with van der Waals surface area (Å²) in [6, 6.07) is 15.4. The van der Waals surface area contributed by atoms with Crippen LogP contribution in [0.2, 0.25) is 0 Å². The fraction of sp³-hybridized carbons (Fsp3) is 0.400. The molecule has 3 aromatic rings. The predicted octanol–water partition coefficient (Wildman–Crippen LogP) is 5.09. The maximum absolute atomic E-state index is 6.06. The molecule has 29 heavy (non-hydrogen) atoms. The van der Waals surface area contributed by atoms with Crippen LogP contribution < -0.4 is 0 Å². The highest BCUT2D eigenvalue weighted by atomic mass is 16.6. The first kappa shape index (κ1) is 18.6. The largest absolute Gasteiger partial charge is 0.376 e. The van der Waals surface area contributed by atoms with E-state index in [0.29, 0.717) is 19.8 Å². The Balaban J connectivity index is 1.50. The third-order valence-corrected chi connectivity index (χ3v) is 6.90. The number of fused-ring (bicyclic) bond motifs is 3. The molecule has 150 valence electrons. The van der Waals surface area contributed by atoms with E-state index in [-0.39, 0.29) is 16.9 Å². The van der Waals surface area contributed by atoms with Crippen molar-refractivity contribution in [3.8, 4) is 16.8 Å². The lowest BCUT2D eigenvalue weighted by atomic mass is 9.82. The Morgan fingerprint density at radius 2 is 1.79 bits per heavy atom. The van der Waals surface area contributed by atoms with Crippen molar-refractivity contribution in [3.05, 3.63) is 71.5 Å². The zero-order valence-corrected chi connectivity index (χ0v) is 17.6. The van der Waals surface area contributed by atoms with Gasteiger partial charge in [-0.1, -0.05) is 51.1 Å². The first-order chi connectivity index (χ1) is 13.9. The maximum atomic E-state index is 6.06. The van der Waals surface area contributed by atoms with Crippen molar-refractivity contribution in [1.29, 1.82) is 0 Å². The molecule has 0 spiro atoms. The molecule has 0 N–H and O–H groups in total. The third kappa shape index (κ3) is 2.85. The van der Waals surface area contributed by atoms with Gasteiger partial charge in [0.25, 0.3) is 0 Å². The molecular formula is C25H28N2O2. The molecule has 0 radical (unpaired) electrons. The molecule has 2 unspecified atom stereocenters. The second-order valence-corrected chi connectivity index (χ2v) is 9.05. The number of nitrogens with zero attached hydrogens (tertiary/aromatic N) is 2.